The SMILES string of the molecule is CC(=O)NCCCOC1CCCCC1. The molecule has 0 aliphatic heterocycles. The minimum atomic E-state index is 0.0441. The van der Waals surface area contributed by atoms with Gasteiger partial charge < -0.3 is 10.1 Å². The van der Waals surface area contributed by atoms with Gasteiger partial charge in [-0.2, -0.15) is 0 Å². The number of nitrogens with one attached hydrogen (secondary N) is 1. The van der Waals surface area contributed by atoms with Crippen LogP contribution in [0.4, 0.5) is 0 Å². The topological polar surface area (TPSA) is 38.3 Å². The summed E-state index contributed by atoms with van der Waals surface area (Å²) in [6.07, 6.45) is 7.86. The molecule has 0 aromatic heterocycles. The first-order chi connectivity index (χ1) is 6.79. The van der Waals surface area contributed by atoms with Gasteiger partial charge in [-0.3, -0.25) is 4.79 Å². The van der Waals surface area contributed by atoms with E-state index in [-0.39, 0.29) is 5.91 Å². The van der Waals surface area contributed by atoms with Crippen molar-refractivity contribution >= 4 is 5.91 Å². The number of amides is 1. The Balaban J connectivity index is 1.90. The zero-order valence-electron chi connectivity index (χ0n) is 9.05. The van der Waals surface area contributed by atoms with Crippen LogP contribution in [-0.4, -0.2) is 25.2 Å². The molecule has 1 fully saturated rings. The monoisotopic (exact) mass is 199 g/mol. The van der Waals surface area contributed by atoms with Crippen molar-refractivity contribution in [2.75, 3.05) is 13.2 Å². The summed E-state index contributed by atoms with van der Waals surface area (Å²) in [5, 5.41) is 2.76. The highest BCUT2D eigenvalue weighted by Gasteiger charge is 2.12. The van der Waals surface area contributed by atoms with E-state index in [1.807, 2.05) is 0 Å². The quantitative estimate of drug-likeness (QED) is 0.686. The standard InChI is InChI=1S/C11H21NO2/c1-10(13)12-8-5-9-14-11-6-3-2-4-7-11/h11H,2-9H2,1H3,(H,12,13). The summed E-state index contributed by atoms with van der Waals surface area (Å²) < 4.78 is 5.71. The summed E-state index contributed by atoms with van der Waals surface area (Å²) in [6.45, 7) is 3.06. The van der Waals surface area contributed by atoms with Crippen molar-refractivity contribution in [1.82, 2.24) is 5.32 Å². The summed E-state index contributed by atoms with van der Waals surface area (Å²) >= 11 is 0. The van der Waals surface area contributed by atoms with Crippen molar-refractivity contribution < 1.29 is 9.53 Å². The fraction of sp³-hybridized carbons (Fsp3) is 0.909. The molecule has 1 saturated carbocycles. The van der Waals surface area contributed by atoms with Crippen LogP contribution in [0, 0.1) is 0 Å². The van der Waals surface area contributed by atoms with Gasteiger partial charge in [0.15, 0.2) is 0 Å². The van der Waals surface area contributed by atoms with Crippen LogP contribution < -0.4 is 5.32 Å². The van der Waals surface area contributed by atoms with Gasteiger partial charge in [-0.1, -0.05) is 19.3 Å². The second kappa shape index (κ2) is 6.82. The maximum atomic E-state index is 10.6. The minimum Gasteiger partial charge on any atom is -0.378 e. The Bertz CT molecular complexity index is 165. The molecule has 0 heterocycles. The van der Waals surface area contributed by atoms with Crippen molar-refractivity contribution in [3.05, 3.63) is 0 Å². The van der Waals surface area contributed by atoms with E-state index in [0.717, 1.165) is 19.6 Å². The molecule has 3 heteroatoms. The average molecular weight is 199 g/mol. The molecule has 1 N–H and O–H groups in total. The van der Waals surface area contributed by atoms with E-state index in [1.165, 1.54) is 32.1 Å². The molecule has 0 radical (unpaired) electrons. The third kappa shape index (κ3) is 5.22. The van der Waals surface area contributed by atoms with Gasteiger partial charge in [-0.25, -0.2) is 0 Å². The van der Waals surface area contributed by atoms with E-state index in [0.29, 0.717) is 6.10 Å². The number of ether oxygens (including phenoxy) is 1. The fourth-order valence-corrected chi connectivity index (χ4v) is 1.82. The van der Waals surface area contributed by atoms with Crippen molar-refractivity contribution in [2.45, 2.75) is 51.6 Å². The van der Waals surface area contributed by atoms with E-state index in [1.54, 1.807) is 6.92 Å². The van der Waals surface area contributed by atoms with Crippen LogP contribution in [0.3, 0.4) is 0 Å². The summed E-state index contributed by atoms with van der Waals surface area (Å²) in [6, 6.07) is 0. The molecule has 1 rings (SSSR count). The lowest BCUT2D eigenvalue weighted by Crippen LogP contribution is -2.23. The molecule has 1 aliphatic rings. The molecule has 82 valence electrons. The smallest absolute Gasteiger partial charge is 0.216 e. The van der Waals surface area contributed by atoms with Gasteiger partial charge in [0.1, 0.15) is 0 Å². The predicted molar refractivity (Wildman–Crippen MR) is 56.1 cm³/mol. The molecular formula is C11H21NO2. The third-order valence-electron chi connectivity index (χ3n) is 2.60. The highest BCUT2D eigenvalue weighted by atomic mass is 16.5. The van der Waals surface area contributed by atoms with Crippen LogP contribution in [0.25, 0.3) is 0 Å². The summed E-state index contributed by atoms with van der Waals surface area (Å²) in [7, 11) is 0. The summed E-state index contributed by atoms with van der Waals surface area (Å²) in [5.74, 6) is 0.0441. The van der Waals surface area contributed by atoms with Crippen molar-refractivity contribution in [3.8, 4) is 0 Å². The Morgan fingerprint density at radius 1 is 1.36 bits per heavy atom. The van der Waals surface area contributed by atoms with Crippen LogP contribution in [0.1, 0.15) is 45.4 Å². The largest absolute Gasteiger partial charge is 0.378 e. The first-order valence-corrected chi connectivity index (χ1v) is 5.65. The zero-order valence-corrected chi connectivity index (χ0v) is 9.05. The normalized spacial score (nSPS) is 18.1. The van der Waals surface area contributed by atoms with Gasteiger partial charge >= 0.3 is 0 Å². The van der Waals surface area contributed by atoms with Crippen molar-refractivity contribution in [2.24, 2.45) is 0 Å². The highest BCUT2D eigenvalue weighted by Crippen LogP contribution is 2.20. The van der Waals surface area contributed by atoms with E-state index >= 15 is 0 Å². The molecule has 1 amide bonds. The van der Waals surface area contributed by atoms with Crippen molar-refractivity contribution in [3.63, 3.8) is 0 Å². The lowest BCUT2D eigenvalue weighted by atomic mass is 9.98. The predicted octanol–water partition coefficient (Wildman–Crippen LogP) is 1.86. The lowest BCUT2D eigenvalue weighted by Gasteiger charge is -2.21. The Labute approximate surface area is 86.2 Å². The molecular weight excluding hydrogens is 178 g/mol. The van der Waals surface area contributed by atoms with E-state index in [2.05, 4.69) is 5.32 Å². The van der Waals surface area contributed by atoms with Crippen molar-refractivity contribution in [1.29, 1.82) is 0 Å². The van der Waals surface area contributed by atoms with Crippen LogP contribution >= 0.6 is 0 Å². The zero-order chi connectivity index (χ0) is 10.2. The molecule has 0 atom stereocenters. The maximum Gasteiger partial charge on any atom is 0.216 e. The van der Waals surface area contributed by atoms with Gasteiger partial charge in [0.2, 0.25) is 5.91 Å². The Hall–Kier alpha value is -0.570. The third-order valence-corrected chi connectivity index (χ3v) is 2.60. The number of hydrogen-bond donors (Lipinski definition) is 1. The minimum absolute atomic E-state index is 0.0441. The van der Waals surface area contributed by atoms with Gasteiger partial charge in [-0.05, 0) is 19.3 Å². The number of carbonyl (C=O) groups excluding carboxylic acids is 1. The first kappa shape index (κ1) is 11.5. The van der Waals surface area contributed by atoms with E-state index in [4.69, 9.17) is 4.74 Å². The maximum absolute atomic E-state index is 10.6. The summed E-state index contributed by atoms with van der Waals surface area (Å²) in [5.41, 5.74) is 0. The second-order valence-corrected chi connectivity index (χ2v) is 3.97. The van der Waals surface area contributed by atoms with Crippen LogP contribution in [0.2, 0.25) is 0 Å². The molecule has 0 saturated heterocycles. The molecule has 14 heavy (non-hydrogen) atoms. The van der Waals surface area contributed by atoms with Crippen LogP contribution in [0.15, 0.2) is 0 Å². The van der Waals surface area contributed by atoms with Crippen LogP contribution in [0.5, 0.6) is 0 Å². The van der Waals surface area contributed by atoms with Gasteiger partial charge in [-0.15, -0.1) is 0 Å². The second-order valence-electron chi connectivity index (χ2n) is 3.97. The Morgan fingerprint density at radius 3 is 2.71 bits per heavy atom. The molecule has 0 aromatic rings. The van der Waals surface area contributed by atoms with E-state index < -0.39 is 0 Å². The fourth-order valence-electron chi connectivity index (χ4n) is 1.82. The number of rotatable bonds is 5. The molecule has 1 aliphatic carbocycles. The first-order valence-electron chi connectivity index (χ1n) is 5.65. The van der Waals surface area contributed by atoms with E-state index in [9.17, 15) is 4.79 Å². The number of hydrogen-bond acceptors (Lipinski definition) is 2. The average Bonchev–Trinajstić information content (AvgIpc) is 2.18. The molecule has 0 spiro atoms. The van der Waals surface area contributed by atoms with Gasteiger partial charge in [0.05, 0.1) is 6.10 Å². The lowest BCUT2D eigenvalue weighted by molar-refractivity contribution is -0.119. The Morgan fingerprint density at radius 2 is 2.07 bits per heavy atom. The van der Waals surface area contributed by atoms with Gasteiger partial charge in [0, 0.05) is 20.1 Å². The van der Waals surface area contributed by atoms with Crippen LogP contribution in [-0.2, 0) is 9.53 Å². The Kier molecular flexibility index (Phi) is 5.60. The molecule has 0 unspecified atom stereocenters. The van der Waals surface area contributed by atoms with Gasteiger partial charge in [0.25, 0.3) is 0 Å². The number of carbonyl (C=O) groups is 1. The molecule has 0 bridgehead atoms. The highest BCUT2D eigenvalue weighted by molar-refractivity contribution is 5.72. The summed E-state index contributed by atoms with van der Waals surface area (Å²) in [4.78, 5) is 10.6. The molecule has 0 aromatic carbocycles. The molecule has 3 nitrogen and oxygen atoms in total.